The van der Waals surface area contributed by atoms with Crippen molar-refractivity contribution >= 4 is 34.6 Å². The quantitative estimate of drug-likeness (QED) is 0.613. The summed E-state index contributed by atoms with van der Waals surface area (Å²) in [5.41, 5.74) is -4.27. The van der Waals surface area contributed by atoms with Crippen molar-refractivity contribution < 1.29 is 23.0 Å². The number of nitro benzene ring substituents is 2. The summed E-state index contributed by atoms with van der Waals surface area (Å²) in [5, 5.41) is 18.4. The smallest absolute Gasteiger partial charge is 0.258 e. The summed E-state index contributed by atoms with van der Waals surface area (Å²) in [6.07, 6.45) is -5.15. The van der Waals surface area contributed by atoms with Gasteiger partial charge < -0.3 is 0 Å². The van der Waals surface area contributed by atoms with Crippen molar-refractivity contribution in [1.82, 2.24) is 0 Å². The van der Waals surface area contributed by atoms with Crippen LogP contribution in [-0.4, -0.2) is 9.85 Å². The largest absolute Gasteiger partial charge is 0.419 e. The fourth-order valence-electron chi connectivity index (χ4n) is 1.12. The van der Waals surface area contributed by atoms with E-state index in [0.717, 1.165) is 0 Å². The molecule has 0 amide bonds. The molecule has 1 aromatic rings. The van der Waals surface area contributed by atoms with Crippen molar-refractivity contribution in [1.29, 1.82) is 0 Å². The second-order valence-electron chi connectivity index (χ2n) is 2.93. The highest BCUT2D eigenvalue weighted by Crippen LogP contribution is 2.47. The number of halogens is 5. The third kappa shape index (κ3) is 2.46. The first kappa shape index (κ1) is 14.5. The molecule has 11 heteroatoms. The van der Waals surface area contributed by atoms with E-state index in [1.54, 1.807) is 0 Å². The molecule has 0 saturated heterocycles. The van der Waals surface area contributed by atoms with E-state index in [4.69, 9.17) is 23.2 Å². The highest BCUT2D eigenvalue weighted by Gasteiger charge is 2.42. The molecule has 6 nitrogen and oxygen atoms in total. The van der Waals surface area contributed by atoms with Gasteiger partial charge in [-0.25, -0.2) is 0 Å². The van der Waals surface area contributed by atoms with Crippen LogP contribution >= 0.6 is 23.2 Å². The summed E-state index contributed by atoms with van der Waals surface area (Å²) >= 11 is 10.4. The minimum absolute atomic E-state index is 0.278. The number of benzene rings is 1. The molecule has 1 rings (SSSR count). The number of nitrogens with zero attached hydrogens (tertiary/aromatic N) is 2. The maximum Gasteiger partial charge on any atom is 0.419 e. The number of nitro groups is 2. The molecule has 0 aliphatic rings. The molecule has 0 saturated carbocycles. The van der Waals surface area contributed by atoms with Gasteiger partial charge in [-0.05, 0) is 0 Å². The molecule has 0 unspecified atom stereocenters. The number of alkyl halides is 3. The number of hydrogen-bond acceptors (Lipinski definition) is 4. The summed E-state index contributed by atoms with van der Waals surface area (Å²) in [4.78, 5) is 18.4. The zero-order valence-corrected chi connectivity index (χ0v) is 9.51. The van der Waals surface area contributed by atoms with Gasteiger partial charge in [-0.3, -0.25) is 20.2 Å². The SMILES string of the molecule is O=[N+]([O-])c1cc([N+](=O)[O-])c(Cl)c(C(F)(F)F)c1Cl. The van der Waals surface area contributed by atoms with Crippen LogP contribution in [0, 0.1) is 20.2 Å². The van der Waals surface area contributed by atoms with E-state index in [0.29, 0.717) is 0 Å². The van der Waals surface area contributed by atoms with E-state index in [1.165, 1.54) is 0 Å². The Morgan fingerprint density at radius 3 is 1.56 bits per heavy atom. The first-order chi connectivity index (χ1) is 8.07. The van der Waals surface area contributed by atoms with Gasteiger partial charge in [-0.2, -0.15) is 13.2 Å². The first-order valence-corrected chi connectivity index (χ1v) is 4.71. The van der Waals surface area contributed by atoms with E-state index < -0.39 is 43.0 Å². The van der Waals surface area contributed by atoms with Crippen LogP contribution in [0.4, 0.5) is 24.5 Å². The highest BCUT2D eigenvalue weighted by atomic mass is 35.5. The maximum absolute atomic E-state index is 12.6. The van der Waals surface area contributed by atoms with Crippen LogP contribution < -0.4 is 0 Å². The molecule has 0 radical (unpaired) electrons. The van der Waals surface area contributed by atoms with Crippen molar-refractivity contribution in [2.45, 2.75) is 6.18 Å². The van der Waals surface area contributed by atoms with Gasteiger partial charge in [0.15, 0.2) is 0 Å². The van der Waals surface area contributed by atoms with Gasteiger partial charge in [0.1, 0.15) is 15.6 Å². The second kappa shape index (κ2) is 4.58. The highest BCUT2D eigenvalue weighted by molar-refractivity contribution is 6.38. The van der Waals surface area contributed by atoms with Crippen molar-refractivity contribution in [3.05, 3.63) is 41.9 Å². The molecule has 0 aliphatic carbocycles. The maximum atomic E-state index is 12.6. The summed E-state index contributed by atoms with van der Waals surface area (Å²) in [6, 6.07) is 0.278. The lowest BCUT2D eigenvalue weighted by Crippen LogP contribution is -2.10. The lowest BCUT2D eigenvalue weighted by Gasteiger charge is -2.10. The third-order valence-electron chi connectivity index (χ3n) is 1.84. The van der Waals surface area contributed by atoms with Crippen LogP contribution in [0.3, 0.4) is 0 Å². The summed E-state index contributed by atoms with van der Waals surface area (Å²) in [7, 11) is 0. The van der Waals surface area contributed by atoms with Gasteiger partial charge in [0.25, 0.3) is 11.4 Å². The number of hydrogen-bond donors (Lipinski definition) is 0. The van der Waals surface area contributed by atoms with E-state index in [9.17, 15) is 33.4 Å². The molecule has 0 aliphatic heterocycles. The van der Waals surface area contributed by atoms with Crippen LogP contribution in [0.1, 0.15) is 5.56 Å². The predicted octanol–water partition coefficient (Wildman–Crippen LogP) is 3.83. The van der Waals surface area contributed by atoms with Gasteiger partial charge in [0.05, 0.1) is 15.9 Å². The van der Waals surface area contributed by atoms with Gasteiger partial charge in [0.2, 0.25) is 0 Å². The van der Waals surface area contributed by atoms with Crippen molar-refractivity contribution in [3.8, 4) is 0 Å². The minimum atomic E-state index is -5.15. The van der Waals surface area contributed by atoms with Crippen molar-refractivity contribution in [2.75, 3.05) is 0 Å². The third-order valence-corrected chi connectivity index (χ3v) is 2.60. The van der Waals surface area contributed by atoms with E-state index in [1.807, 2.05) is 0 Å². The second-order valence-corrected chi connectivity index (χ2v) is 3.69. The molecule has 0 atom stereocenters. The van der Waals surface area contributed by atoms with Gasteiger partial charge in [-0.1, -0.05) is 23.2 Å². The van der Waals surface area contributed by atoms with Crippen LogP contribution in [-0.2, 0) is 6.18 Å². The lowest BCUT2D eigenvalue weighted by atomic mass is 10.1. The van der Waals surface area contributed by atoms with Gasteiger partial charge in [-0.15, -0.1) is 0 Å². The average molecular weight is 305 g/mol. The van der Waals surface area contributed by atoms with Crippen molar-refractivity contribution in [3.63, 3.8) is 0 Å². The fourth-order valence-corrected chi connectivity index (χ4v) is 1.82. The molecule has 0 aromatic heterocycles. The first-order valence-electron chi connectivity index (χ1n) is 3.95. The molecule has 0 fully saturated rings. The Morgan fingerprint density at radius 1 is 1.00 bits per heavy atom. The van der Waals surface area contributed by atoms with E-state index >= 15 is 0 Å². The average Bonchev–Trinajstić information content (AvgIpc) is 2.13. The molecule has 0 N–H and O–H groups in total. The van der Waals surface area contributed by atoms with Crippen LogP contribution in [0.15, 0.2) is 6.07 Å². The predicted molar refractivity (Wildman–Crippen MR) is 54.8 cm³/mol. The molecular weight excluding hydrogens is 304 g/mol. The fraction of sp³-hybridized carbons (Fsp3) is 0.143. The molecule has 98 valence electrons. The monoisotopic (exact) mass is 304 g/mol. The Hall–Kier alpha value is -1.61. The van der Waals surface area contributed by atoms with Crippen LogP contribution in [0.5, 0.6) is 0 Å². The molecule has 0 heterocycles. The van der Waals surface area contributed by atoms with E-state index in [2.05, 4.69) is 0 Å². The molecule has 0 bridgehead atoms. The molecule has 18 heavy (non-hydrogen) atoms. The Kier molecular flexibility index (Phi) is 3.67. The molecule has 1 aromatic carbocycles. The Balaban J connectivity index is 3.79. The topological polar surface area (TPSA) is 86.3 Å². The van der Waals surface area contributed by atoms with Crippen LogP contribution in [0.2, 0.25) is 10.0 Å². The molecule has 0 spiro atoms. The van der Waals surface area contributed by atoms with E-state index in [-0.39, 0.29) is 6.07 Å². The normalized spacial score (nSPS) is 11.4. The summed E-state index contributed by atoms with van der Waals surface area (Å²) in [5.74, 6) is 0. The van der Waals surface area contributed by atoms with Gasteiger partial charge in [0, 0.05) is 0 Å². The lowest BCUT2D eigenvalue weighted by molar-refractivity contribution is -0.394. The zero-order valence-electron chi connectivity index (χ0n) is 7.99. The van der Waals surface area contributed by atoms with Crippen molar-refractivity contribution in [2.24, 2.45) is 0 Å². The summed E-state index contributed by atoms with van der Waals surface area (Å²) < 4.78 is 37.7. The Bertz CT molecular complexity index is 508. The standard InChI is InChI=1S/C7HCl2F3N2O4/c8-5-2(13(15)16)1-3(14(17)18)6(9)4(5)7(10,11)12/h1H. The zero-order chi connectivity index (χ0) is 14.2. The Morgan fingerprint density at radius 2 is 1.33 bits per heavy atom. The molecular formula is C7HCl2F3N2O4. The minimum Gasteiger partial charge on any atom is -0.258 e. The number of rotatable bonds is 2. The van der Waals surface area contributed by atoms with Crippen LogP contribution in [0.25, 0.3) is 0 Å². The summed E-state index contributed by atoms with van der Waals surface area (Å²) in [6.45, 7) is 0. The Labute approximate surface area is 106 Å². The van der Waals surface area contributed by atoms with Gasteiger partial charge >= 0.3 is 6.18 Å².